The van der Waals surface area contributed by atoms with Crippen molar-refractivity contribution in [2.75, 3.05) is 13.1 Å². The number of halogens is 1. The Balaban J connectivity index is 1.44. The van der Waals surface area contributed by atoms with Gasteiger partial charge in [-0.15, -0.1) is 0 Å². The standard InChI is InChI=1S/C23H22FN3O/c24-19-10-5-4-9-18(19)14-25-15-21-22(16-25)27(13-17-7-2-1-3-8-17)23(28)20-11-6-12-26(20)21/h1-12,21-22H,13-16H2/t21-,22+/m1/s1. The molecule has 4 nitrogen and oxygen atoms in total. The number of hydrogen-bond acceptors (Lipinski definition) is 2. The number of amides is 1. The van der Waals surface area contributed by atoms with Gasteiger partial charge in [0.1, 0.15) is 11.5 Å². The minimum Gasteiger partial charge on any atom is -0.337 e. The maximum Gasteiger partial charge on any atom is 0.271 e. The van der Waals surface area contributed by atoms with Crippen molar-refractivity contribution in [3.8, 4) is 0 Å². The van der Waals surface area contributed by atoms with Crippen LogP contribution in [-0.2, 0) is 13.1 Å². The molecule has 0 unspecified atom stereocenters. The molecule has 2 atom stereocenters. The quantitative estimate of drug-likeness (QED) is 0.696. The van der Waals surface area contributed by atoms with E-state index >= 15 is 0 Å². The Bertz CT molecular complexity index is 1000. The Morgan fingerprint density at radius 3 is 2.43 bits per heavy atom. The molecule has 1 amide bonds. The lowest BCUT2D eigenvalue weighted by molar-refractivity contribution is 0.0556. The molecule has 1 aromatic heterocycles. The molecule has 1 saturated heterocycles. The predicted molar refractivity (Wildman–Crippen MR) is 105 cm³/mol. The number of fused-ring (bicyclic) bond motifs is 3. The van der Waals surface area contributed by atoms with Crippen LogP contribution in [0.25, 0.3) is 0 Å². The van der Waals surface area contributed by atoms with Gasteiger partial charge in [0, 0.05) is 37.9 Å². The molecule has 0 bridgehead atoms. The summed E-state index contributed by atoms with van der Waals surface area (Å²) in [5.41, 5.74) is 2.57. The second-order valence-corrected chi connectivity index (χ2v) is 7.64. The molecular formula is C23H22FN3O. The summed E-state index contributed by atoms with van der Waals surface area (Å²) in [5, 5.41) is 0. The summed E-state index contributed by atoms with van der Waals surface area (Å²) in [5.74, 6) is -0.0981. The van der Waals surface area contributed by atoms with Gasteiger partial charge in [-0.2, -0.15) is 0 Å². The van der Waals surface area contributed by atoms with Gasteiger partial charge in [0.15, 0.2) is 0 Å². The number of benzene rings is 2. The van der Waals surface area contributed by atoms with E-state index in [4.69, 9.17) is 0 Å². The van der Waals surface area contributed by atoms with Gasteiger partial charge in [-0.3, -0.25) is 9.69 Å². The molecule has 3 aromatic rings. The van der Waals surface area contributed by atoms with E-state index in [1.54, 1.807) is 6.07 Å². The Morgan fingerprint density at radius 1 is 0.857 bits per heavy atom. The van der Waals surface area contributed by atoms with E-state index in [0.717, 1.165) is 24.3 Å². The molecule has 2 aliphatic rings. The molecule has 3 heterocycles. The van der Waals surface area contributed by atoms with Crippen LogP contribution in [-0.4, -0.2) is 39.4 Å². The number of rotatable bonds is 4. The van der Waals surface area contributed by atoms with E-state index < -0.39 is 0 Å². The van der Waals surface area contributed by atoms with E-state index in [1.807, 2.05) is 53.6 Å². The minimum atomic E-state index is -0.170. The van der Waals surface area contributed by atoms with E-state index in [1.165, 1.54) is 6.07 Å². The van der Waals surface area contributed by atoms with Gasteiger partial charge in [-0.25, -0.2) is 4.39 Å². The molecule has 2 aromatic carbocycles. The molecule has 1 fully saturated rings. The highest BCUT2D eigenvalue weighted by atomic mass is 19.1. The zero-order valence-electron chi connectivity index (χ0n) is 15.5. The van der Waals surface area contributed by atoms with Crippen LogP contribution in [0.15, 0.2) is 72.9 Å². The highest BCUT2D eigenvalue weighted by molar-refractivity contribution is 5.94. The van der Waals surface area contributed by atoms with E-state index in [2.05, 4.69) is 21.6 Å². The molecule has 5 rings (SSSR count). The van der Waals surface area contributed by atoms with Crippen molar-refractivity contribution in [3.05, 3.63) is 95.6 Å². The van der Waals surface area contributed by atoms with Crippen LogP contribution >= 0.6 is 0 Å². The largest absolute Gasteiger partial charge is 0.337 e. The van der Waals surface area contributed by atoms with Crippen LogP contribution in [0.4, 0.5) is 4.39 Å². The maximum atomic E-state index is 14.1. The van der Waals surface area contributed by atoms with Crippen LogP contribution in [0.2, 0.25) is 0 Å². The van der Waals surface area contributed by atoms with Gasteiger partial charge >= 0.3 is 0 Å². The van der Waals surface area contributed by atoms with Crippen LogP contribution in [0.1, 0.15) is 27.7 Å². The summed E-state index contributed by atoms with van der Waals surface area (Å²) in [6.07, 6.45) is 2.00. The lowest BCUT2D eigenvalue weighted by Gasteiger charge is -2.38. The summed E-state index contributed by atoms with van der Waals surface area (Å²) in [6.45, 7) is 2.71. The third kappa shape index (κ3) is 2.92. The van der Waals surface area contributed by atoms with Crippen molar-refractivity contribution in [1.29, 1.82) is 0 Å². The van der Waals surface area contributed by atoms with Crippen molar-refractivity contribution in [2.24, 2.45) is 0 Å². The number of aromatic nitrogens is 1. The zero-order chi connectivity index (χ0) is 19.1. The molecular weight excluding hydrogens is 353 g/mol. The SMILES string of the molecule is O=C1c2cccn2[C@@H]2CN(Cc3ccccc3F)C[C@@H]2N1Cc1ccccc1. The molecule has 0 N–H and O–H groups in total. The number of nitrogens with zero attached hydrogens (tertiary/aromatic N) is 3. The molecule has 0 aliphatic carbocycles. The average Bonchev–Trinajstić information content (AvgIpc) is 3.35. The lowest BCUT2D eigenvalue weighted by Crippen LogP contribution is -2.49. The fourth-order valence-electron chi connectivity index (χ4n) is 4.55. The van der Waals surface area contributed by atoms with Gasteiger partial charge in [0.25, 0.3) is 5.91 Å². The topological polar surface area (TPSA) is 28.5 Å². The first-order chi connectivity index (χ1) is 13.7. The predicted octanol–water partition coefficient (Wildman–Crippen LogP) is 3.71. The molecule has 28 heavy (non-hydrogen) atoms. The number of likely N-dealkylation sites (tertiary alicyclic amines) is 1. The number of hydrogen-bond donors (Lipinski definition) is 0. The summed E-state index contributed by atoms with van der Waals surface area (Å²) in [7, 11) is 0. The van der Waals surface area contributed by atoms with Gasteiger partial charge in [0.05, 0.1) is 12.1 Å². The fraction of sp³-hybridized carbons (Fsp3) is 0.261. The van der Waals surface area contributed by atoms with Crippen molar-refractivity contribution >= 4 is 5.91 Å². The van der Waals surface area contributed by atoms with Crippen LogP contribution in [0.3, 0.4) is 0 Å². The third-order valence-corrected chi connectivity index (χ3v) is 5.90. The van der Waals surface area contributed by atoms with Gasteiger partial charge < -0.3 is 9.47 Å². The first-order valence-electron chi connectivity index (χ1n) is 9.68. The van der Waals surface area contributed by atoms with Crippen molar-refractivity contribution in [1.82, 2.24) is 14.4 Å². The molecule has 142 valence electrons. The minimum absolute atomic E-state index is 0.0721. The lowest BCUT2D eigenvalue weighted by atomic mass is 10.0. The summed E-state index contributed by atoms with van der Waals surface area (Å²) in [4.78, 5) is 17.4. The monoisotopic (exact) mass is 375 g/mol. The van der Waals surface area contributed by atoms with E-state index in [9.17, 15) is 9.18 Å². The Hall–Kier alpha value is -2.92. The Morgan fingerprint density at radius 2 is 1.61 bits per heavy atom. The first kappa shape index (κ1) is 17.2. The zero-order valence-corrected chi connectivity index (χ0v) is 15.5. The summed E-state index contributed by atoms with van der Waals surface area (Å²) < 4.78 is 16.2. The fourth-order valence-corrected chi connectivity index (χ4v) is 4.55. The number of carbonyl (C=O) groups is 1. The molecule has 0 saturated carbocycles. The third-order valence-electron chi connectivity index (χ3n) is 5.90. The molecule has 5 heteroatoms. The van der Waals surface area contributed by atoms with Crippen LogP contribution < -0.4 is 0 Å². The van der Waals surface area contributed by atoms with Crippen LogP contribution in [0, 0.1) is 5.82 Å². The smallest absolute Gasteiger partial charge is 0.271 e. The average molecular weight is 375 g/mol. The van der Waals surface area contributed by atoms with Crippen LogP contribution in [0.5, 0.6) is 0 Å². The Kier molecular flexibility index (Phi) is 4.24. The second kappa shape index (κ2) is 6.91. The number of carbonyl (C=O) groups excluding carboxylic acids is 1. The molecule has 0 radical (unpaired) electrons. The van der Waals surface area contributed by atoms with Gasteiger partial charge in [0.2, 0.25) is 0 Å². The Labute approximate surface area is 163 Å². The van der Waals surface area contributed by atoms with Crippen molar-refractivity contribution in [3.63, 3.8) is 0 Å². The van der Waals surface area contributed by atoms with Crippen molar-refractivity contribution in [2.45, 2.75) is 25.2 Å². The van der Waals surface area contributed by atoms with E-state index in [0.29, 0.717) is 18.7 Å². The van der Waals surface area contributed by atoms with Gasteiger partial charge in [-0.1, -0.05) is 48.5 Å². The molecule has 0 spiro atoms. The highest BCUT2D eigenvalue weighted by Gasteiger charge is 2.44. The second-order valence-electron chi connectivity index (χ2n) is 7.64. The van der Waals surface area contributed by atoms with Crippen molar-refractivity contribution < 1.29 is 9.18 Å². The van der Waals surface area contributed by atoms with E-state index in [-0.39, 0.29) is 23.8 Å². The summed E-state index contributed by atoms with van der Waals surface area (Å²) >= 11 is 0. The highest BCUT2D eigenvalue weighted by Crippen LogP contribution is 2.35. The normalized spacial score (nSPS) is 21.6. The maximum absolute atomic E-state index is 14.1. The molecule has 2 aliphatic heterocycles. The summed E-state index contributed by atoms with van der Waals surface area (Å²) in [6, 6.07) is 21.2. The van der Waals surface area contributed by atoms with Gasteiger partial charge in [-0.05, 0) is 23.8 Å². The first-order valence-corrected chi connectivity index (χ1v) is 9.68.